The third-order valence-electron chi connectivity index (χ3n) is 2.89. The molecule has 7 nitrogen and oxygen atoms in total. The first-order chi connectivity index (χ1) is 9.76. The van der Waals surface area contributed by atoms with Crippen molar-refractivity contribution >= 4 is 21.9 Å². The highest BCUT2D eigenvalue weighted by molar-refractivity contribution is 9.10. The van der Waals surface area contributed by atoms with Gasteiger partial charge >= 0.3 is 5.97 Å². The number of hydrogen-bond acceptors (Lipinski definition) is 5. The summed E-state index contributed by atoms with van der Waals surface area (Å²) in [7, 11) is 0. The van der Waals surface area contributed by atoms with Crippen LogP contribution in [0.4, 0.5) is 0 Å². The van der Waals surface area contributed by atoms with Gasteiger partial charge in [0.15, 0.2) is 10.4 Å². The van der Waals surface area contributed by atoms with Crippen molar-refractivity contribution in [1.29, 1.82) is 0 Å². The van der Waals surface area contributed by atoms with Crippen LogP contribution in [0.3, 0.4) is 0 Å². The summed E-state index contributed by atoms with van der Waals surface area (Å²) in [5.74, 6) is 0.0405. The van der Waals surface area contributed by atoms with Crippen LogP contribution in [-0.2, 0) is 4.79 Å². The van der Waals surface area contributed by atoms with Gasteiger partial charge in [-0.1, -0.05) is 20.8 Å². The van der Waals surface area contributed by atoms with Crippen LogP contribution >= 0.6 is 15.9 Å². The van der Waals surface area contributed by atoms with Gasteiger partial charge in [-0.3, -0.25) is 4.79 Å². The monoisotopic (exact) mass is 356 g/mol. The third kappa shape index (κ3) is 4.13. The Morgan fingerprint density at radius 2 is 2.19 bits per heavy atom. The molecule has 2 heterocycles. The van der Waals surface area contributed by atoms with E-state index in [4.69, 9.17) is 9.52 Å². The lowest BCUT2D eigenvalue weighted by molar-refractivity contribution is -0.138. The summed E-state index contributed by atoms with van der Waals surface area (Å²) in [6, 6.07) is 3.14. The van der Waals surface area contributed by atoms with Crippen LogP contribution in [-0.4, -0.2) is 31.3 Å². The standard InChI is InChI=1S/C13H17BrN4O3/c1-13(2,3)7-8(6-11(19)20)18-12(15-16-17-18)9-4-5-10(14)21-9/h4-5,8H,6-7H2,1-3H3,(H,19,20). The lowest BCUT2D eigenvalue weighted by Gasteiger charge is -2.25. The maximum absolute atomic E-state index is 11.1. The van der Waals surface area contributed by atoms with Crippen LogP contribution in [0, 0.1) is 5.41 Å². The molecule has 0 saturated carbocycles. The number of rotatable bonds is 5. The van der Waals surface area contributed by atoms with Gasteiger partial charge in [0.1, 0.15) is 0 Å². The van der Waals surface area contributed by atoms with E-state index in [9.17, 15) is 4.79 Å². The van der Waals surface area contributed by atoms with E-state index >= 15 is 0 Å². The molecule has 21 heavy (non-hydrogen) atoms. The fourth-order valence-corrected chi connectivity index (χ4v) is 2.50. The molecule has 1 atom stereocenters. The first kappa shape index (κ1) is 15.7. The van der Waals surface area contributed by atoms with E-state index in [2.05, 4.69) is 52.2 Å². The second-order valence-electron chi connectivity index (χ2n) is 6.07. The Balaban J connectivity index is 2.36. The van der Waals surface area contributed by atoms with Gasteiger partial charge in [-0.05, 0) is 50.3 Å². The zero-order chi connectivity index (χ0) is 15.6. The minimum Gasteiger partial charge on any atom is -0.481 e. The molecule has 114 valence electrons. The molecule has 0 aromatic carbocycles. The number of aliphatic carboxylic acids is 1. The zero-order valence-corrected chi connectivity index (χ0v) is 13.7. The van der Waals surface area contributed by atoms with Gasteiger partial charge in [0.25, 0.3) is 0 Å². The topological polar surface area (TPSA) is 94.0 Å². The number of aromatic nitrogens is 4. The Morgan fingerprint density at radius 3 is 2.71 bits per heavy atom. The van der Waals surface area contributed by atoms with Crippen molar-refractivity contribution < 1.29 is 14.3 Å². The first-order valence-corrected chi connectivity index (χ1v) is 7.31. The van der Waals surface area contributed by atoms with E-state index in [0.29, 0.717) is 22.7 Å². The minimum absolute atomic E-state index is 0.0445. The predicted molar refractivity (Wildman–Crippen MR) is 78.6 cm³/mol. The molecule has 0 saturated heterocycles. The molecular formula is C13H17BrN4O3. The van der Waals surface area contributed by atoms with Gasteiger partial charge in [0.05, 0.1) is 12.5 Å². The number of carbonyl (C=O) groups is 1. The van der Waals surface area contributed by atoms with Gasteiger partial charge < -0.3 is 9.52 Å². The van der Waals surface area contributed by atoms with Crippen LogP contribution in [0.25, 0.3) is 11.6 Å². The van der Waals surface area contributed by atoms with Crippen molar-refractivity contribution in [1.82, 2.24) is 20.2 Å². The van der Waals surface area contributed by atoms with Gasteiger partial charge in [0, 0.05) is 0 Å². The van der Waals surface area contributed by atoms with Crippen LogP contribution in [0.15, 0.2) is 21.2 Å². The van der Waals surface area contributed by atoms with Crippen molar-refractivity contribution in [2.75, 3.05) is 0 Å². The van der Waals surface area contributed by atoms with Crippen molar-refractivity contribution in [3.63, 3.8) is 0 Å². The minimum atomic E-state index is -0.883. The molecule has 0 aliphatic heterocycles. The van der Waals surface area contributed by atoms with Crippen LogP contribution in [0.1, 0.15) is 39.7 Å². The van der Waals surface area contributed by atoms with Crippen LogP contribution in [0.2, 0.25) is 0 Å². The third-order valence-corrected chi connectivity index (χ3v) is 3.32. The van der Waals surface area contributed by atoms with E-state index in [-0.39, 0.29) is 17.9 Å². The molecule has 0 amide bonds. The number of nitrogens with zero attached hydrogens (tertiary/aromatic N) is 4. The summed E-state index contributed by atoms with van der Waals surface area (Å²) in [5, 5.41) is 20.7. The van der Waals surface area contributed by atoms with Gasteiger partial charge in [-0.15, -0.1) is 5.10 Å². The summed E-state index contributed by atoms with van der Waals surface area (Å²) in [5.41, 5.74) is -0.0485. The number of tetrazole rings is 1. The van der Waals surface area contributed by atoms with Gasteiger partial charge in [-0.2, -0.15) is 0 Å². The molecule has 2 aromatic rings. The Bertz CT molecular complexity index is 629. The normalized spacial score (nSPS) is 13.3. The zero-order valence-electron chi connectivity index (χ0n) is 12.1. The first-order valence-electron chi connectivity index (χ1n) is 6.51. The Kier molecular flexibility index (Phi) is 4.46. The summed E-state index contributed by atoms with van der Waals surface area (Å²) < 4.78 is 7.56. The number of hydrogen-bond donors (Lipinski definition) is 1. The highest BCUT2D eigenvalue weighted by Crippen LogP contribution is 2.32. The lowest BCUT2D eigenvalue weighted by Crippen LogP contribution is -2.22. The largest absolute Gasteiger partial charge is 0.481 e. The number of carboxylic acid groups (broad SMARTS) is 1. The summed E-state index contributed by atoms with van der Waals surface area (Å²) >= 11 is 3.23. The van der Waals surface area contributed by atoms with E-state index in [1.165, 1.54) is 4.68 Å². The van der Waals surface area contributed by atoms with Gasteiger partial charge in [0.2, 0.25) is 5.82 Å². The Morgan fingerprint density at radius 1 is 1.48 bits per heavy atom. The highest BCUT2D eigenvalue weighted by Gasteiger charge is 2.27. The van der Waals surface area contributed by atoms with Gasteiger partial charge in [-0.25, -0.2) is 4.68 Å². The molecule has 0 fully saturated rings. The summed E-state index contributed by atoms with van der Waals surface area (Å²) in [6.07, 6.45) is 0.594. The molecule has 2 aromatic heterocycles. The summed E-state index contributed by atoms with van der Waals surface area (Å²) in [4.78, 5) is 11.1. The quantitative estimate of drug-likeness (QED) is 0.883. The fraction of sp³-hybridized carbons (Fsp3) is 0.538. The average Bonchev–Trinajstić information content (AvgIpc) is 2.93. The predicted octanol–water partition coefficient (Wildman–Crippen LogP) is 3.15. The molecule has 0 aliphatic carbocycles. The molecule has 1 N–H and O–H groups in total. The Hall–Kier alpha value is -1.70. The number of furan rings is 1. The average molecular weight is 357 g/mol. The van der Waals surface area contributed by atoms with E-state index in [0.717, 1.165) is 0 Å². The van der Waals surface area contributed by atoms with E-state index < -0.39 is 5.97 Å². The molecular weight excluding hydrogens is 340 g/mol. The summed E-state index contributed by atoms with van der Waals surface area (Å²) in [6.45, 7) is 6.15. The second-order valence-corrected chi connectivity index (χ2v) is 6.85. The SMILES string of the molecule is CC(C)(C)CC(CC(=O)O)n1nnnc1-c1ccc(Br)o1. The van der Waals surface area contributed by atoms with E-state index in [1.807, 2.05) is 0 Å². The maximum atomic E-state index is 11.1. The molecule has 0 spiro atoms. The lowest BCUT2D eigenvalue weighted by atomic mass is 9.87. The van der Waals surface area contributed by atoms with E-state index in [1.54, 1.807) is 12.1 Å². The van der Waals surface area contributed by atoms with Crippen molar-refractivity contribution in [2.24, 2.45) is 5.41 Å². The molecule has 0 bridgehead atoms. The molecule has 0 radical (unpaired) electrons. The van der Waals surface area contributed by atoms with Crippen molar-refractivity contribution in [2.45, 2.75) is 39.7 Å². The Labute approximate surface area is 130 Å². The van der Waals surface area contributed by atoms with Crippen LogP contribution in [0.5, 0.6) is 0 Å². The second kappa shape index (κ2) is 5.97. The fourth-order valence-electron chi connectivity index (χ4n) is 2.19. The molecule has 0 aliphatic rings. The molecule has 2 rings (SSSR count). The number of carboxylic acids is 1. The molecule has 8 heteroatoms. The highest BCUT2D eigenvalue weighted by atomic mass is 79.9. The van der Waals surface area contributed by atoms with Crippen molar-refractivity contribution in [3.05, 3.63) is 16.8 Å². The maximum Gasteiger partial charge on any atom is 0.305 e. The smallest absolute Gasteiger partial charge is 0.305 e. The molecule has 1 unspecified atom stereocenters. The van der Waals surface area contributed by atoms with Crippen molar-refractivity contribution in [3.8, 4) is 11.6 Å². The van der Waals surface area contributed by atoms with Crippen LogP contribution < -0.4 is 0 Å². The number of halogens is 1.